The van der Waals surface area contributed by atoms with Crippen LogP contribution >= 0.6 is 0 Å². The van der Waals surface area contributed by atoms with Gasteiger partial charge in [0.1, 0.15) is 11.8 Å². The highest BCUT2D eigenvalue weighted by molar-refractivity contribution is 5.76. The van der Waals surface area contributed by atoms with Gasteiger partial charge in [-0.15, -0.1) is 0 Å². The molecule has 7 heteroatoms. The van der Waals surface area contributed by atoms with Crippen molar-refractivity contribution in [3.63, 3.8) is 0 Å². The Bertz CT molecular complexity index is 987. The molecule has 23 heavy (non-hydrogen) atoms. The second-order valence-electron chi connectivity index (χ2n) is 4.59. The molecule has 0 aromatic carbocycles. The smallest absolute Gasteiger partial charge is 0.281 e. The number of aromatic nitrogens is 3. The van der Waals surface area contributed by atoms with E-state index in [0.717, 1.165) is 0 Å². The number of nitriles is 1. The highest BCUT2D eigenvalue weighted by Crippen LogP contribution is 2.15. The van der Waals surface area contributed by atoms with E-state index in [9.17, 15) is 15.2 Å². The number of nitrogens with one attached hydrogen (secondary N) is 1. The lowest BCUT2D eigenvalue weighted by molar-refractivity contribution is 0.477. The Hall–Kier alpha value is -3.66. The fraction of sp³-hybridized carbons (Fsp3) is 0. The normalized spacial score (nSPS) is 11.2. The first-order chi connectivity index (χ1) is 11.2. The van der Waals surface area contributed by atoms with Gasteiger partial charge in [-0.05, 0) is 24.3 Å². The predicted molar refractivity (Wildman–Crippen MR) is 84.6 cm³/mol. The maximum Gasteiger partial charge on any atom is 0.281 e. The Balaban J connectivity index is 1.99. The Kier molecular flexibility index (Phi) is 3.72. The van der Waals surface area contributed by atoms with Gasteiger partial charge in [0.2, 0.25) is 0 Å². The molecule has 0 radical (unpaired) electrons. The van der Waals surface area contributed by atoms with Crippen molar-refractivity contribution in [2.45, 2.75) is 0 Å². The standard InChI is InChI=1S/C16H11N5O2/c17-8-11(12-4-1-2-6-18-12)9-19-13-10-20-15-14(22)5-3-7-21(15)16(13)23/h1-7,9-10,19,22H/b11-9+. The first-order valence-electron chi connectivity index (χ1n) is 6.68. The average Bonchev–Trinajstić information content (AvgIpc) is 2.59. The number of pyridine rings is 2. The molecule has 2 N–H and O–H groups in total. The van der Waals surface area contributed by atoms with Gasteiger partial charge < -0.3 is 10.4 Å². The number of rotatable bonds is 3. The van der Waals surface area contributed by atoms with Crippen LogP contribution in [-0.4, -0.2) is 19.5 Å². The summed E-state index contributed by atoms with van der Waals surface area (Å²) >= 11 is 0. The molecule has 0 saturated heterocycles. The van der Waals surface area contributed by atoms with Gasteiger partial charge in [0.25, 0.3) is 5.56 Å². The molecular formula is C16H11N5O2. The van der Waals surface area contributed by atoms with Gasteiger partial charge in [0.05, 0.1) is 17.5 Å². The Morgan fingerprint density at radius 1 is 1.30 bits per heavy atom. The van der Waals surface area contributed by atoms with E-state index in [0.29, 0.717) is 5.69 Å². The Morgan fingerprint density at radius 3 is 2.91 bits per heavy atom. The van der Waals surface area contributed by atoms with Crippen LogP contribution in [0.25, 0.3) is 11.2 Å². The van der Waals surface area contributed by atoms with Crippen molar-refractivity contribution in [1.29, 1.82) is 5.26 Å². The molecule has 3 heterocycles. The minimum absolute atomic E-state index is 0.0853. The van der Waals surface area contributed by atoms with Crippen LogP contribution in [0.3, 0.4) is 0 Å². The number of allylic oxidation sites excluding steroid dienone is 1. The van der Waals surface area contributed by atoms with Crippen LogP contribution in [0.15, 0.2) is 59.9 Å². The van der Waals surface area contributed by atoms with Crippen LogP contribution < -0.4 is 10.9 Å². The summed E-state index contributed by atoms with van der Waals surface area (Å²) in [6, 6.07) is 10.2. The van der Waals surface area contributed by atoms with Crippen LogP contribution in [0.4, 0.5) is 5.69 Å². The molecule has 3 rings (SSSR count). The van der Waals surface area contributed by atoms with E-state index in [1.807, 2.05) is 6.07 Å². The van der Waals surface area contributed by atoms with Gasteiger partial charge in [0, 0.05) is 18.6 Å². The molecule has 3 aromatic heterocycles. The molecule has 3 aromatic rings. The second kappa shape index (κ2) is 5.99. The first-order valence-corrected chi connectivity index (χ1v) is 6.68. The molecule has 0 aliphatic heterocycles. The lowest BCUT2D eigenvalue weighted by atomic mass is 10.2. The summed E-state index contributed by atoms with van der Waals surface area (Å²) in [4.78, 5) is 20.5. The van der Waals surface area contributed by atoms with Gasteiger partial charge in [0.15, 0.2) is 11.4 Å². The summed E-state index contributed by atoms with van der Waals surface area (Å²) < 4.78 is 1.22. The highest BCUT2D eigenvalue weighted by Gasteiger charge is 2.07. The van der Waals surface area contributed by atoms with E-state index in [1.54, 1.807) is 30.5 Å². The van der Waals surface area contributed by atoms with Gasteiger partial charge >= 0.3 is 0 Å². The zero-order chi connectivity index (χ0) is 16.2. The molecule has 0 bridgehead atoms. The van der Waals surface area contributed by atoms with E-state index < -0.39 is 0 Å². The summed E-state index contributed by atoms with van der Waals surface area (Å²) in [6.45, 7) is 0. The molecule has 0 saturated carbocycles. The molecule has 0 amide bonds. The summed E-state index contributed by atoms with van der Waals surface area (Å²) in [6.07, 6.45) is 5.79. The molecule has 0 aliphatic rings. The van der Waals surface area contributed by atoms with E-state index in [2.05, 4.69) is 15.3 Å². The summed E-state index contributed by atoms with van der Waals surface area (Å²) in [5.41, 5.74) is 0.731. The average molecular weight is 305 g/mol. The third-order valence-electron chi connectivity index (χ3n) is 3.14. The van der Waals surface area contributed by atoms with Crippen molar-refractivity contribution in [3.8, 4) is 11.8 Å². The fourth-order valence-electron chi connectivity index (χ4n) is 2.03. The van der Waals surface area contributed by atoms with Crippen molar-refractivity contribution < 1.29 is 5.11 Å². The van der Waals surface area contributed by atoms with Crippen LogP contribution in [0.1, 0.15) is 5.69 Å². The summed E-state index contributed by atoms with van der Waals surface area (Å²) in [5.74, 6) is -0.0853. The molecule has 0 spiro atoms. The van der Waals surface area contributed by atoms with E-state index in [-0.39, 0.29) is 28.2 Å². The minimum Gasteiger partial charge on any atom is -0.504 e. The topological polar surface area (TPSA) is 103 Å². The highest BCUT2D eigenvalue weighted by atomic mass is 16.3. The zero-order valence-electron chi connectivity index (χ0n) is 11.8. The van der Waals surface area contributed by atoms with Crippen molar-refractivity contribution >= 4 is 16.9 Å². The number of fused-ring (bicyclic) bond motifs is 1. The zero-order valence-corrected chi connectivity index (χ0v) is 11.8. The SMILES string of the molecule is N#C/C(=C\Nc1cnc2c(O)cccn2c1=O)c1ccccn1. The number of hydrogen-bond acceptors (Lipinski definition) is 6. The number of nitrogens with zero attached hydrogens (tertiary/aromatic N) is 4. The fourth-order valence-corrected chi connectivity index (χ4v) is 2.03. The van der Waals surface area contributed by atoms with E-state index in [1.165, 1.54) is 29.1 Å². The van der Waals surface area contributed by atoms with Crippen LogP contribution in [0.5, 0.6) is 5.75 Å². The monoisotopic (exact) mass is 305 g/mol. The summed E-state index contributed by atoms with van der Waals surface area (Å²) in [7, 11) is 0. The first kappa shape index (κ1) is 14.3. The Morgan fingerprint density at radius 2 is 2.17 bits per heavy atom. The van der Waals surface area contributed by atoms with Crippen molar-refractivity contribution in [2.75, 3.05) is 5.32 Å². The summed E-state index contributed by atoms with van der Waals surface area (Å²) in [5, 5.41) is 21.7. The van der Waals surface area contributed by atoms with E-state index >= 15 is 0 Å². The van der Waals surface area contributed by atoms with Gasteiger partial charge in [-0.1, -0.05) is 6.07 Å². The van der Waals surface area contributed by atoms with Gasteiger partial charge in [-0.2, -0.15) is 5.26 Å². The molecule has 7 nitrogen and oxygen atoms in total. The van der Waals surface area contributed by atoms with Crippen LogP contribution in [0.2, 0.25) is 0 Å². The van der Waals surface area contributed by atoms with Crippen LogP contribution in [0, 0.1) is 11.3 Å². The largest absolute Gasteiger partial charge is 0.504 e. The third-order valence-corrected chi connectivity index (χ3v) is 3.14. The van der Waals surface area contributed by atoms with Crippen molar-refractivity contribution in [2.24, 2.45) is 0 Å². The van der Waals surface area contributed by atoms with Crippen LogP contribution in [-0.2, 0) is 0 Å². The molecule has 112 valence electrons. The lowest BCUT2D eigenvalue weighted by Crippen LogP contribution is -2.17. The number of anilines is 1. The van der Waals surface area contributed by atoms with Gasteiger partial charge in [-0.3, -0.25) is 14.2 Å². The van der Waals surface area contributed by atoms with Crippen molar-refractivity contribution in [1.82, 2.24) is 14.4 Å². The van der Waals surface area contributed by atoms with E-state index in [4.69, 9.17) is 0 Å². The number of aromatic hydroxyl groups is 1. The van der Waals surface area contributed by atoms with Gasteiger partial charge in [-0.25, -0.2) is 4.98 Å². The molecule has 0 aliphatic carbocycles. The Labute approximate surface area is 130 Å². The minimum atomic E-state index is -0.388. The quantitative estimate of drug-likeness (QED) is 0.715. The maximum absolute atomic E-state index is 12.3. The maximum atomic E-state index is 12.3. The second-order valence-corrected chi connectivity index (χ2v) is 4.59. The molecule has 0 unspecified atom stereocenters. The van der Waals surface area contributed by atoms with Crippen molar-refractivity contribution in [3.05, 3.63) is 71.2 Å². The third kappa shape index (κ3) is 2.73. The molecule has 0 fully saturated rings. The molecular weight excluding hydrogens is 294 g/mol. The molecule has 0 atom stereocenters. The number of hydrogen-bond donors (Lipinski definition) is 2. The predicted octanol–water partition coefficient (Wildman–Crippen LogP) is 1.77. The lowest BCUT2D eigenvalue weighted by Gasteiger charge is -2.05.